The second-order valence-electron chi connectivity index (χ2n) is 3.56. The summed E-state index contributed by atoms with van der Waals surface area (Å²) in [4.78, 5) is 0. The third kappa shape index (κ3) is 4.10. The minimum absolute atomic E-state index is 0.513. The Labute approximate surface area is 76.5 Å². The van der Waals surface area contributed by atoms with Crippen LogP contribution in [0.4, 0.5) is 0 Å². The number of hydrogen-bond donors (Lipinski definition) is 0. The van der Waals surface area contributed by atoms with Crippen LogP contribution >= 0.6 is 0 Å². The van der Waals surface area contributed by atoms with E-state index in [2.05, 4.69) is 6.92 Å². The van der Waals surface area contributed by atoms with Gasteiger partial charge in [-0.1, -0.05) is 39.0 Å². The fraction of sp³-hybridized carbons (Fsp3) is 0.818. The normalized spacial score (nSPS) is 20.8. The van der Waals surface area contributed by atoms with Gasteiger partial charge >= 0.3 is 0 Å². The van der Waals surface area contributed by atoms with Crippen molar-refractivity contribution in [2.45, 2.75) is 57.5 Å². The molecular weight excluding hydrogens is 148 g/mol. The van der Waals surface area contributed by atoms with Crippen molar-refractivity contribution in [2.75, 3.05) is 0 Å². The van der Waals surface area contributed by atoms with Gasteiger partial charge in [-0.3, -0.25) is 0 Å². The van der Waals surface area contributed by atoms with Crippen LogP contribution in [0.25, 0.3) is 0 Å². The van der Waals surface area contributed by atoms with Crippen molar-refractivity contribution < 1.29 is 4.74 Å². The second kappa shape index (κ2) is 6.47. The van der Waals surface area contributed by atoms with E-state index < -0.39 is 0 Å². The minimum Gasteiger partial charge on any atom is -0.372 e. The molecule has 1 rings (SSSR count). The van der Waals surface area contributed by atoms with E-state index in [0.717, 1.165) is 12.8 Å². The largest absolute Gasteiger partial charge is 0.372 e. The molecule has 0 amide bonds. The Morgan fingerprint density at radius 1 is 1.17 bits per heavy atom. The zero-order valence-corrected chi connectivity index (χ0v) is 7.93. The van der Waals surface area contributed by atoms with Crippen LogP contribution in [-0.2, 0) is 4.74 Å². The van der Waals surface area contributed by atoms with Gasteiger partial charge in [0.25, 0.3) is 0 Å². The lowest BCUT2D eigenvalue weighted by Gasteiger charge is -2.13. The Morgan fingerprint density at radius 2 is 1.83 bits per heavy atom. The van der Waals surface area contributed by atoms with Crippen molar-refractivity contribution in [1.82, 2.24) is 0 Å². The van der Waals surface area contributed by atoms with Crippen LogP contribution in [0.15, 0.2) is 0 Å². The highest BCUT2D eigenvalue weighted by Crippen LogP contribution is 2.20. The van der Waals surface area contributed by atoms with E-state index >= 15 is 0 Å². The smallest absolute Gasteiger partial charge is 0.0840 e. The highest BCUT2D eigenvalue weighted by Gasteiger charge is 2.11. The van der Waals surface area contributed by atoms with E-state index in [4.69, 9.17) is 4.74 Å². The Kier molecular flexibility index (Phi) is 5.42. The number of ether oxygens (including phenoxy) is 1. The molecule has 0 saturated heterocycles. The monoisotopic (exact) mass is 168 g/mol. The van der Waals surface area contributed by atoms with Crippen molar-refractivity contribution in [3.63, 3.8) is 0 Å². The molecule has 1 fully saturated rings. The van der Waals surface area contributed by atoms with E-state index in [9.17, 15) is 0 Å². The molecule has 0 heterocycles. The van der Waals surface area contributed by atoms with Crippen LogP contribution in [0.2, 0.25) is 0 Å². The molecule has 1 nitrogen and oxygen atoms in total. The van der Waals surface area contributed by atoms with Crippen molar-refractivity contribution in [1.29, 1.82) is 0 Å². The Hall–Kier alpha value is -0.0400. The van der Waals surface area contributed by atoms with Crippen LogP contribution < -0.4 is 0 Å². The Morgan fingerprint density at radius 3 is 2.42 bits per heavy atom. The fourth-order valence-electron chi connectivity index (χ4n) is 1.67. The lowest BCUT2D eigenvalue weighted by molar-refractivity contribution is 0.0881. The van der Waals surface area contributed by atoms with E-state index in [-0.39, 0.29) is 0 Å². The topological polar surface area (TPSA) is 9.23 Å². The minimum atomic E-state index is 0.513. The third-order valence-electron chi connectivity index (χ3n) is 2.41. The highest BCUT2D eigenvalue weighted by atomic mass is 16.5. The first kappa shape index (κ1) is 10.0. The SMILES string of the molecule is [CH2]CC[CH]OC1CCCCCC1. The van der Waals surface area contributed by atoms with Crippen LogP contribution in [-0.4, -0.2) is 6.10 Å². The fourth-order valence-corrected chi connectivity index (χ4v) is 1.67. The average Bonchev–Trinajstić information content (AvgIpc) is 2.33. The summed E-state index contributed by atoms with van der Waals surface area (Å²) in [7, 11) is 0. The molecular formula is C11H20O. The van der Waals surface area contributed by atoms with Crippen LogP contribution in [0.5, 0.6) is 0 Å². The molecule has 0 aromatic rings. The molecule has 0 aliphatic heterocycles. The predicted octanol–water partition coefficient (Wildman–Crippen LogP) is 3.50. The summed E-state index contributed by atoms with van der Waals surface area (Å²) in [6, 6.07) is 0. The van der Waals surface area contributed by atoms with Gasteiger partial charge in [-0.2, -0.15) is 0 Å². The van der Waals surface area contributed by atoms with Crippen LogP contribution in [0.3, 0.4) is 0 Å². The van der Waals surface area contributed by atoms with Crippen molar-refractivity contribution >= 4 is 0 Å². The lowest BCUT2D eigenvalue weighted by Crippen LogP contribution is -2.09. The molecule has 0 atom stereocenters. The van der Waals surface area contributed by atoms with Gasteiger partial charge in [0.15, 0.2) is 0 Å². The van der Waals surface area contributed by atoms with Gasteiger partial charge in [0.05, 0.1) is 12.7 Å². The van der Waals surface area contributed by atoms with Gasteiger partial charge in [0.1, 0.15) is 0 Å². The maximum absolute atomic E-state index is 5.64. The molecule has 0 aromatic heterocycles. The summed E-state index contributed by atoms with van der Waals surface area (Å²) in [5.74, 6) is 0. The van der Waals surface area contributed by atoms with Crippen LogP contribution in [0.1, 0.15) is 51.4 Å². The maximum Gasteiger partial charge on any atom is 0.0840 e. The summed E-state index contributed by atoms with van der Waals surface area (Å²) in [6.07, 6.45) is 10.5. The standard InChI is InChI=1S/C11H20O/c1-2-3-10-12-11-8-6-4-5-7-9-11/h10-11H,1-9H2. The van der Waals surface area contributed by atoms with Crippen molar-refractivity contribution in [2.24, 2.45) is 0 Å². The first-order valence-corrected chi connectivity index (χ1v) is 5.20. The summed E-state index contributed by atoms with van der Waals surface area (Å²) in [5.41, 5.74) is 0. The number of unbranched alkanes of at least 4 members (excludes halogenated alkanes) is 1. The Bertz CT molecular complexity index is 93.2. The van der Waals surface area contributed by atoms with Gasteiger partial charge in [-0.25, -0.2) is 0 Å². The van der Waals surface area contributed by atoms with E-state index in [1.165, 1.54) is 38.5 Å². The summed E-state index contributed by atoms with van der Waals surface area (Å²) < 4.78 is 5.64. The quantitative estimate of drug-likeness (QED) is 0.461. The molecule has 1 saturated carbocycles. The number of rotatable bonds is 4. The van der Waals surface area contributed by atoms with Gasteiger partial charge in [-0.15, -0.1) is 0 Å². The van der Waals surface area contributed by atoms with Gasteiger partial charge in [-0.05, 0) is 19.3 Å². The molecule has 0 N–H and O–H groups in total. The molecule has 2 radical (unpaired) electrons. The first-order valence-electron chi connectivity index (χ1n) is 5.20. The zero-order valence-electron chi connectivity index (χ0n) is 7.93. The number of hydrogen-bond acceptors (Lipinski definition) is 1. The molecule has 12 heavy (non-hydrogen) atoms. The van der Waals surface area contributed by atoms with E-state index in [1.54, 1.807) is 0 Å². The molecule has 1 heteroatoms. The molecule has 1 aliphatic carbocycles. The lowest BCUT2D eigenvalue weighted by atomic mass is 10.1. The van der Waals surface area contributed by atoms with Crippen molar-refractivity contribution in [3.05, 3.63) is 13.5 Å². The molecule has 1 aliphatic rings. The van der Waals surface area contributed by atoms with Gasteiger partial charge < -0.3 is 4.74 Å². The van der Waals surface area contributed by atoms with E-state index in [1.807, 2.05) is 6.61 Å². The Balaban J connectivity index is 2.04. The zero-order chi connectivity index (χ0) is 8.65. The predicted molar refractivity (Wildman–Crippen MR) is 51.5 cm³/mol. The summed E-state index contributed by atoms with van der Waals surface area (Å²) in [6.45, 7) is 5.72. The maximum atomic E-state index is 5.64. The van der Waals surface area contributed by atoms with Gasteiger partial charge in [0, 0.05) is 0 Å². The molecule has 0 spiro atoms. The molecule has 0 aromatic carbocycles. The molecule has 70 valence electrons. The average molecular weight is 168 g/mol. The van der Waals surface area contributed by atoms with Crippen LogP contribution in [0, 0.1) is 13.5 Å². The van der Waals surface area contributed by atoms with E-state index in [0.29, 0.717) is 6.10 Å². The molecule has 0 bridgehead atoms. The molecule has 0 unspecified atom stereocenters. The third-order valence-corrected chi connectivity index (χ3v) is 2.41. The summed E-state index contributed by atoms with van der Waals surface area (Å²) >= 11 is 0. The first-order chi connectivity index (χ1) is 5.93. The second-order valence-corrected chi connectivity index (χ2v) is 3.56. The highest BCUT2D eigenvalue weighted by molar-refractivity contribution is 4.66. The van der Waals surface area contributed by atoms with Crippen molar-refractivity contribution in [3.8, 4) is 0 Å². The van der Waals surface area contributed by atoms with Gasteiger partial charge in [0.2, 0.25) is 0 Å². The summed E-state index contributed by atoms with van der Waals surface area (Å²) in [5, 5.41) is 0.